The van der Waals surface area contributed by atoms with Gasteiger partial charge in [0.05, 0.1) is 12.3 Å². The van der Waals surface area contributed by atoms with E-state index < -0.39 is 30.1 Å². The normalized spacial score (nSPS) is 17.8. The van der Waals surface area contributed by atoms with E-state index in [1.807, 2.05) is 6.92 Å². The number of carbonyl (C=O) groups is 2. The van der Waals surface area contributed by atoms with Crippen LogP contribution < -0.4 is 19.7 Å². The molecule has 10 heteroatoms. The number of aromatic nitrogens is 1. The second-order valence-electron chi connectivity index (χ2n) is 6.29. The molecule has 2 atom stereocenters. The Labute approximate surface area is 164 Å². The monoisotopic (exact) mass is 409 g/mol. The number of hydrogen-bond acceptors (Lipinski definition) is 5. The molecule has 1 saturated heterocycles. The zero-order valence-corrected chi connectivity index (χ0v) is 15.6. The molecule has 154 valence electrons. The first-order chi connectivity index (χ1) is 13.7. The third kappa shape index (κ3) is 4.58. The van der Waals surface area contributed by atoms with E-state index in [1.165, 1.54) is 12.1 Å². The molecule has 0 saturated carbocycles. The van der Waals surface area contributed by atoms with Crippen LogP contribution in [0.3, 0.4) is 0 Å². The minimum Gasteiger partial charge on any atom is -0.478 e. The lowest BCUT2D eigenvalue weighted by atomic mass is 9.94. The van der Waals surface area contributed by atoms with Crippen LogP contribution in [0.5, 0.6) is 11.6 Å². The lowest BCUT2D eigenvalue weighted by Crippen LogP contribution is -2.34. The molecule has 1 aliphatic heterocycles. The number of halogens is 3. The number of benzene rings is 1. The van der Waals surface area contributed by atoms with Crippen LogP contribution in [0.1, 0.15) is 25.3 Å². The molecule has 2 unspecified atom stereocenters. The van der Waals surface area contributed by atoms with Crippen LogP contribution in [0.25, 0.3) is 0 Å². The topological polar surface area (TPSA) is 80.8 Å². The first-order valence-corrected chi connectivity index (χ1v) is 8.78. The number of nitrogens with one attached hydrogen (secondary N) is 1. The fraction of sp³-hybridized carbons (Fsp3) is 0.316. The number of rotatable bonds is 6. The molecule has 0 radical (unpaired) electrons. The molecule has 1 fully saturated rings. The van der Waals surface area contributed by atoms with E-state index in [4.69, 9.17) is 4.74 Å². The van der Waals surface area contributed by atoms with Crippen LogP contribution >= 0.6 is 0 Å². The second-order valence-corrected chi connectivity index (χ2v) is 6.29. The summed E-state index contributed by atoms with van der Waals surface area (Å²) in [5.74, 6) is -0.933. The van der Waals surface area contributed by atoms with E-state index in [0.29, 0.717) is 12.5 Å². The van der Waals surface area contributed by atoms with Crippen LogP contribution in [0.2, 0.25) is 0 Å². The van der Waals surface area contributed by atoms with E-state index in [2.05, 4.69) is 15.0 Å². The number of nitrogens with zero attached hydrogens (tertiary/aromatic N) is 2. The smallest absolute Gasteiger partial charge is 0.478 e. The summed E-state index contributed by atoms with van der Waals surface area (Å²) < 4.78 is 46.0. The molecule has 3 amide bonds. The maximum absolute atomic E-state index is 12.8. The predicted octanol–water partition coefficient (Wildman–Crippen LogP) is 3.61. The quantitative estimate of drug-likeness (QED) is 0.738. The van der Waals surface area contributed by atoms with Gasteiger partial charge in [-0.05, 0) is 42.8 Å². The van der Waals surface area contributed by atoms with Crippen LogP contribution in [0.15, 0.2) is 42.6 Å². The van der Waals surface area contributed by atoms with E-state index in [-0.39, 0.29) is 11.6 Å². The van der Waals surface area contributed by atoms with Crippen molar-refractivity contribution < 1.29 is 32.2 Å². The predicted molar refractivity (Wildman–Crippen MR) is 96.8 cm³/mol. The highest BCUT2D eigenvalue weighted by Gasteiger charge is 2.42. The van der Waals surface area contributed by atoms with Gasteiger partial charge in [0.25, 0.3) is 5.91 Å². The Kier molecular flexibility index (Phi) is 5.62. The van der Waals surface area contributed by atoms with Gasteiger partial charge in [0.1, 0.15) is 11.8 Å². The Morgan fingerprint density at radius 3 is 2.52 bits per heavy atom. The van der Waals surface area contributed by atoms with Crippen molar-refractivity contribution >= 4 is 17.6 Å². The summed E-state index contributed by atoms with van der Waals surface area (Å²) in [5, 5.41) is 2.62. The summed E-state index contributed by atoms with van der Waals surface area (Å²) in [6.07, 6.45) is -3.27. The van der Waals surface area contributed by atoms with E-state index in [0.717, 1.165) is 22.6 Å². The first-order valence-electron chi connectivity index (χ1n) is 8.78. The van der Waals surface area contributed by atoms with Crippen molar-refractivity contribution in [3.05, 3.63) is 48.2 Å². The number of amides is 3. The van der Waals surface area contributed by atoms with Crippen molar-refractivity contribution in [3.63, 3.8) is 0 Å². The molecule has 1 aromatic heterocycles. The highest BCUT2D eigenvalue weighted by molar-refractivity contribution is 6.21. The fourth-order valence-electron chi connectivity index (χ4n) is 3.01. The van der Waals surface area contributed by atoms with Crippen molar-refractivity contribution in [2.24, 2.45) is 0 Å². The van der Waals surface area contributed by atoms with Gasteiger partial charge in [-0.25, -0.2) is 14.7 Å². The third-order valence-electron chi connectivity index (χ3n) is 4.37. The fourth-order valence-corrected chi connectivity index (χ4v) is 3.01. The van der Waals surface area contributed by atoms with Crippen LogP contribution in [0, 0.1) is 0 Å². The van der Waals surface area contributed by atoms with Gasteiger partial charge < -0.3 is 14.8 Å². The van der Waals surface area contributed by atoms with Crippen LogP contribution in [-0.4, -0.2) is 35.9 Å². The highest BCUT2D eigenvalue weighted by atomic mass is 19.4. The first kappa shape index (κ1) is 20.4. The van der Waals surface area contributed by atoms with Gasteiger partial charge in [-0.3, -0.25) is 4.79 Å². The van der Waals surface area contributed by atoms with Crippen molar-refractivity contribution in [1.29, 1.82) is 0 Å². The zero-order valence-electron chi connectivity index (χ0n) is 15.6. The third-order valence-corrected chi connectivity index (χ3v) is 4.37. The van der Waals surface area contributed by atoms with Gasteiger partial charge in [-0.1, -0.05) is 6.92 Å². The molecule has 3 rings (SSSR count). The van der Waals surface area contributed by atoms with Gasteiger partial charge >= 0.3 is 12.4 Å². The summed E-state index contributed by atoms with van der Waals surface area (Å²) in [7, 11) is 0. The second kappa shape index (κ2) is 7.98. The van der Waals surface area contributed by atoms with Gasteiger partial charge in [0, 0.05) is 18.2 Å². The lowest BCUT2D eigenvalue weighted by molar-refractivity contribution is -0.274. The molecule has 29 heavy (non-hydrogen) atoms. The van der Waals surface area contributed by atoms with Crippen molar-refractivity contribution in [1.82, 2.24) is 10.3 Å². The SMILES string of the molecule is CCOc1cc(C(C)C2NC(=O)N(c3ccc(OC(F)(F)F)cc3)C2=O)ccn1. The summed E-state index contributed by atoms with van der Waals surface area (Å²) in [6.45, 7) is 4.03. The Hall–Kier alpha value is -3.30. The number of pyridine rings is 1. The van der Waals surface area contributed by atoms with Crippen molar-refractivity contribution in [2.45, 2.75) is 32.2 Å². The number of anilines is 1. The maximum Gasteiger partial charge on any atom is 0.573 e. The average molecular weight is 409 g/mol. The van der Waals surface area contributed by atoms with Gasteiger partial charge in [0.15, 0.2) is 0 Å². The number of alkyl halides is 3. The molecule has 2 aromatic rings. The van der Waals surface area contributed by atoms with Crippen molar-refractivity contribution in [2.75, 3.05) is 11.5 Å². The van der Waals surface area contributed by atoms with E-state index in [9.17, 15) is 22.8 Å². The number of urea groups is 1. The van der Waals surface area contributed by atoms with Gasteiger partial charge in [-0.2, -0.15) is 0 Å². The molecule has 0 aliphatic carbocycles. The average Bonchev–Trinajstić information content (AvgIpc) is 2.95. The van der Waals surface area contributed by atoms with E-state index >= 15 is 0 Å². The Morgan fingerprint density at radius 1 is 1.21 bits per heavy atom. The van der Waals surface area contributed by atoms with Gasteiger partial charge in [-0.15, -0.1) is 13.2 Å². The summed E-state index contributed by atoms with van der Waals surface area (Å²) in [5.41, 5.74) is 0.888. The van der Waals surface area contributed by atoms with Crippen molar-refractivity contribution in [3.8, 4) is 11.6 Å². The number of hydrogen-bond donors (Lipinski definition) is 1. The molecular formula is C19H18F3N3O4. The summed E-state index contributed by atoms with van der Waals surface area (Å²) in [4.78, 5) is 30.2. The molecule has 1 aliphatic rings. The van der Waals surface area contributed by atoms with E-state index in [1.54, 1.807) is 25.3 Å². The minimum atomic E-state index is -4.83. The maximum atomic E-state index is 12.8. The molecule has 0 spiro atoms. The zero-order chi connectivity index (χ0) is 21.2. The Morgan fingerprint density at radius 2 is 1.90 bits per heavy atom. The Balaban J connectivity index is 1.78. The largest absolute Gasteiger partial charge is 0.573 e. The number of ether oxygens (including phenoxy) is 2. The number of carbonyl (C=O) groups excluding carboxylic acids is 2. The summed E-state index contributed by atoms with van der Waals surface area (Å²) in [6, 6.07) is 6.42. The van der Waals surface area contributed by atoms with Crippen LogP contribution in [0.4, 0.5) is 23.7 Å². The van der Waals surface area contributed by atoms with Crippen LogP contribution in [-0.2, 0) is 4.79 Å². The van der Waals surface area contributed by atoms with Gasteiger partial charge in [0.2, 0.25) is 5.88 Å². The molecule has 7 nitrogen and oxygen atoms in total. The molecule has 1 aromatic carbocycles. The molecular weight excluding hydrogens is 391 g/mol. The minimum absolute atomic E-state index is 0.140. The molecule has 0 bridgehead atoms. The standard InChI is InChI=1S/C19H18F3N3O4/c1-3-28-15-10-12(8-9-23-15)11(2)16-17(26)25(18(27)24-16)13-4-6-14(7-5-13)29-19(20,21)22/h4-11,16H,3H2,1-2H3,(H,24,27). The lowest BCUT2D eigenvalue weighted by Gasteiger charge is -2.19. The highest BCUT2D eigenvalue weighted by Crippen LogP contribution is 2.30. The number of imide groups is 1. The summed E-state index contributed by atoms with van der Waals surface area (Å²) >= 11 is 0. The molecule has 1 N–H and O–H groups in total. The Bertz CT molecular complexity index is 902. The molecule has 2 heterocycles.